The van der Waals surface area contributed by atoms with E-state index in [2.05, 4.69) is 0 Å². The van der Waals surface area contributed by atoms with E-state index in [9.17, 15) is 4.79 Å². The molecule has 5 heteroatoms. The Hall–Kier alpha value is 0.0800. The largest absolute Gasteiger partial charge is 0.477 e. The Labute approximate surface area is 67.0 Å². The summed E-state index contributed by atoms with van der Waals surface area (Å²) in [5.74, 6) is -1.23. The first-order valence-corrected chi connectivity index (χ1v) is 3.18. The van der Waals surface area contributed by atoms with Crippen molar-refractivity contribution in [2.75, 3.05) is 0 Å². The first kappa shape index (κ1) is 9.08. The molecule has 0 aromatic carbocycles. The fraction of sp³-hybridized carbons (Fsp3) is 0.250. The lowest BCUT2D eigenvalue weighted by molar-refractivity contribution is -0.131. The molecule has 0 heterocycles. The van der Waals surface area contributed by atoms with Gasteiger partial charge in [-0.3, -0.25) is 0 Å². The van der Waals surface area contributed by atoms with Gasteiger partial charge in [-0.25, -0.2) is 4.79 Å². The number of halogens is 3. The van der Waals surface area contributed by atoms with Gasteiger partial charge in [0.15, 0.2) is 0 Å². The fourth-order valence-corrected chi connectivity index (χ4v) is 0.689. The van der Waals surface area contributed by atoms with Crippen LogP contribution in [0, 0.1) is 0 Å². The summed E-state index contributed by atoms with van der Waals surface area (Å²) in [6.07, 6.45) is 1.02. The number of hydrogen-bond donors (Lipinski definition) is 1. The molecule has 9 heavy (non-hydrogen) atoms. The molecule has 0 radical (unpaired) electrons. The molecule has 0 aliphatic heterocycles. The average Bonchev–Trinajstić information content (AvgIpc) is 1.63. The van der Waals surface area contributed by atoms with Gasteiger partial charge in [0.25, 0.3) is 0 Å². The van der Waals surface area contributed by atoms with E-state index < -0.39 is 10.8 Å². The zero-order chi connectivity index (χ0) is 7.44. The Morgan fingerprint density at radius 3 is 2.11 bits per heavy atom. The van der Waals surface area contributed by atoms with Gasteiger partial charge in [0, 0.05) is 0 Å². The summed E-state index contributed by atoms with van der Waals surface area (Å²) in [4.78, 5) is 9.05. The summed E-state index contributed by atoms with van der Waals surface area (Å²) in [6, 6.07) is 0. The summed E-state index contributed by atoms with van der Waals surface area (Å²) in [6.45, 7) is 0. The van der Waals surface area contributed by atoms with E-state index in [1.54, 1.807) is 0 Å². The van der Waals surface area contributed by atoms with Gasteiger partial charge in [-0.15, -0.1) is 23.2 Å². The molecular formula is C4H3Cl3O2. The topological polar surface area (TPSA) is 37.3 Å². The van der Waals surface area contributed by atoms with Crippen molar-refractivity contribution in [2.24, 2.45) is 0 Å². The maximum atomic E-state index is 9.92. The second kappa shape index (κ2) is 3.99. The Morgan fingerprint density at radius 2 is 2.00 bits per heavy atom. The number of allylic oxidation sites excluding steroid dienone is 1. The van der Waals surface area contributed by atoms with Crippen LogP contribution in [0.2, 0.25) is 0 Å². The molecule has 0 aromatic heterocycles. The lowest BCUT2D eigenvalue weighted by Gasteiger charge is -1.89. The second-order valence-electron chi connectivity index (χ2n) is 1.15. The van der Waals surface area contributed by atoms with Crippen LogP contribution in [-0.4, -0.2) is 15.9 Å². The highest BCUT2D eigenvalue weighted by Gasteiger charge is 2.03. The smallest absolute Gasteiger partial charge is 0.347 e. The normalized spacial score (nSPS) is 12.2. The Bertz CT molecular complexity index is 141. The van der Waals surface area contributed by atoms with Crippen LogP contribution in [0.4, 0.5) is 0 Å². The van der Waals surface area contributed by atoms with Crippen LogP contribution in [0.5, 0.6) is 0 Å². The van der Waals surface area contributed by atoms with Crippen molar-refractivity contribution in [1.29, 1.82) is 0 Å². The minimum atomic E-state index is -1.23. The molecule has 0 spiro atoms. The lowest BCUT2D eigenvalue weighted by Crippen LogP contribution is -1.95. The molecular weight excluding hydrogens is 186 g/mol. The fourth-order valence-electron chi connectivity index (χ4n) is 0.182. The highest BCUT2D eigenvalue weighted by molar-refractivity contribution is 6.48. The highest BCUT2D eigenvalue weighted by Crippen LogP contribution is 2.09. The summed E-state index contributed by atoms with van der Waals surface area (Å²) >= 11 is 15.4. The van der Waals surface area contributed by atoms with Gasteiger partial charge in [-0.2, -0.15) is 0 Å². The van der Waals surface area contributed by atoms with Crippen molar-refractivity contribution in [3.8, 4) is 0 Å². The Morgan fingerprint density at radius 1 is 1.56 bits per heavy atom. The average molecular weight is 189 g/mol. The maximum Gasteiger partial charge on any atom is 0.347 e. The molecule has 0 aliphatic rings. The minimum Gasteiger partial charge on any atom is -0.477 e. The zero-order valence-corrected chi connectivity index (χ0v) is 6.41. The molecule has 0 saturated heterocycles. The van der Waals surface area contributed by atoms with E-state index in [0.717, 1.165) is 6.08 Å². The van der Waals surface area contributed by atoms with Crippen LogP contribution in [-0.2, 0) is 4.79 Å². The van der Waals surface area contributed by atoms with Crippen LogP contribution in [0.1, 0.15) is 0 Å². The van der Waals surface area contributed by atoms with Crippen molar-refractivity contribution < 1.29 is 9.90 Å². The third-order valence-electron chi connectivity index (χ3n) is 0.477. The predicted octanol–water partition coefficient (Wildman–Crippen LogP) is 2.00. The van der Waals surface area contributed by atoms with Gasteiger partial charge in [0.1, 0.15) is 9.87 Å². The molecule has 0 bridgehead atoms. The van der Waals surface area contributed by atoms with Crippen LogP contribution in [0.15, 0.2) is 11.1 Å². The predicted molar refractivity (Wildman–Crippen MR) is 37.1 cm³/mol. The minimum absolute atomic E-state index is 0.370. The molecule has 0 saturated carbocycles. The van der Waals surface area contributed by atoms with Crippen LogP contribution >= 0.6 is 34.8 Å². The van der Waals surface area contributed by atoms with Gasteiger partial charge in [0.2, 0.25) is 0 Å². The first-order chi connectivity index (χ1) is 4.04. The number of carboxylic acid groups (broad SMARTS) is 1. The van der Waals surface area contributed by atoms with Crippen molar-refractivity contribution >= 4 is 40.8 Å². The zero-order valence-electron chi connectivity index (χ0n) is 4.14. The van der Waals surface area contributed by atoms with Gasteiger partial charge in [-0.1, -0.05) is 11.6 Å². The van der Waals surface area contributed by atoms with Crippen LogP contribution in [0.3, 0.4) is 0 Å². The second-order valence-corrected chi connectivity index (χ2v) is 2.73. The number of carbonyl (C=O) groups is 1. The third-order valence-corrected chi connectivity index (χ3v) is 1.02. The molecule has 0 aromatic rings. The Kier molecular flexibility index (Phi) is 4.02. The van der Waals surface area contributed by atoms with E-state index >= 15 is 0 Å². The number of rotatable bonds is 2. The summed E-state index contributed by atoms with van der Waals surface area (Å²) in [7, 11) is 0. The van der Waals surface area contributed by atoms with Crippen molar-refractivity contribution in [3.63, 3.8) is 0 Å². The molecule has 52 valence electrons. The summed E-state index contributed by atoms with van der Waals surface area (Å²) < 4.78 is 0. The SMILES string of the molecule is O=C(O)/C(Cl)=C/C(Cl)Cl. The highest BCUT2D eigenvalue weighted by atomic mass is 35.5. The van der Waals surface area contributed by atoms with Gasteiger partial charge in [-0.05, 0) is 6.08 Å². The van der Waals surface area contributed by atoms with E-state index in [4.69, 9.17) is 39.9 Å². The van der Waals surface area contributed by atoms with Crippen LogP contribution in [0.25, 0.3) is 0 Å². The first-order valence-electron chi connectivity index (χ1n) is 1.93. The van der Waals surface area contributed by atoms with Crippen molar-refractivity contribution in [2.45, 2.75) is 4.84 Å². The lowest BCUT2D eigenvalue weighted by atomic mass is 10.5. The van der Waals surface area contributed by atoms with E-state index in [1.807, 2.05) is 0 Å². The van der Waals surface area contributed by atoms with Gasteiger partial charge < -0.3 is 5.11 Å². The number of hydrogen-bond acceptors (Lipinski definition) is 1. The van der Waals surface area contributed by atoms with Crippen molar-refractivity contribution in [3.05, 3.63) is 11.1 Å². The maximum absolute atomic E-state index is 9.92. The molecule has 0 unspecified atom stereocenters. The molecule has 0 fully saturated rings. The monoisotopic (exact) mass is 188 g/mol. The summed E-state index contributed by atoms with van der Waals surface area (Å²) in [5, 5.41) is 7.74. The standard InChI is InChI=1S/C4H3Cl3O2/c5-2(4(8)9)1-3(6)7/h1,3H,(H,8,9)/b2-1-. The molecule has 0 amide bonds. The van der Waals surface area contributed by atoms with E-state index in [1.165, 1.54) is 0 Å². The molecule has 1 N–H and O–H groups in total. The molecule has 2 nitrogen and oxygen atoms in total. The van der Waals surface area contributed by atoms with Crippen LogP contribution < -0.4 is 0 Å². The summed E-state index contributed by atoms with van der Waals surface area (Å²) in [5.41, 5.74) is 0. The van der Waals surface area contributed by atoms with Crippen molar-refractivity contribution in [1.82, 2.24) is 0 Å². The van der Waals surface area contributed by atoms with E-state index in [-0.39, 0.29) is 5.03 Å². The number of alkyl halides is 2. The third kappa shape index (κ3) is 4.58. The number of carboxylic acids is 1. The number of aliphatic carboxylic acids is 1. The van der Waals surface area contributed by atoms with Gasteiger partial charge in [0.05, 0.1) is 0 Å². The molecule has 0 rings (SSSR count). The molecule has 0 aliphatic carbocycles. The Balaban J connectivity index is 4.00. The molecule has 0 atom stereocenters. The van der Waals surface area contributed by atoms with Gasteiger partial charge >= 0.3 is 5.97 Å². The van der Waals surface area contributed by atoms with E-state index in [0.29, 0.717) is 0 Å². The quantitative estimate of drug-likeness (QED) is 0.533.